The van der Waals surface area contributed by atoms with Crippen LogP contribution in [0.2, 0.25) is 0 Å². The van der Waals surface area contributed by atoms with Crippen molar-refractivity contribution in [2.45, 2.75) is 52.5 Å². The largest absolute Gasteiger partial charge is 0.382 e. The first-order valence-corrected chi connectivity index (χ1v) is 7.49. The molecule has 0 heterocycles. The number of hydrogen-bond acceptors (Lipinski definition) is 3. The minimum atomic E-state index is -0.307. The van der Waals surface area contributed by atoms with E-state index in [1.807, 2.05) is 12.1 Å². The molecule has 1 aliphatic rings. The van der Waals surface area contributed by atoms with Gasteiger partial charge in [0, 0.05) is 23.4 Å². The lowest BCUT2D eigenvalue weighted by atomic mass is 9.79. The summed E-state index contributed by atoms with van der Waals surface area (Å²) in [4.78, 5) is 10.7. The Morgan fingerprint density at radius 2 is 2.10 bits per heavy atom. The van der Waals surface area contributed by atoms with Crippen molar-refractivity contribution in [2.24, 2.45) is 11.8 Å². The molecule has 0 aliphatic heterocycles. The van der Waals surface area contributed by atoms with Crippen LogP contribution in [0.4, 0.5) is 11.4 Å². The molecule has 4 nitrogen and oxygen atoms in total. The average Bonchev–Trinajstić information content (AvgIpc) is 2.41. The van der Waals surface area contributed by atoms with Crippen molar-refractivity contribution in [1.82, 2.24) is 0 Å². The minimum Gasteiger partial charge on any atom is -0.382 e. The predicted octanol–water partition coefficient (Wildman–Crippen LogP) is 4.53. The number of nitrogens with one attached hydrogen (secondary N) is 1. The van der Waals surface area contributed by atoms with Crippen molar-refractivity contribution in [3.8, 4) is 0 Å². The molecule has 1 N–H and O–H groups in total. The molecule has 0 bridgehead atoms. The molecular weight excluding hydrogens is 252 g/mol. The van der Waals surface area contributed by atoms with E-state index in [-0.39, 0.29) is 10.6 Å². The predicted molar refractivity (Wildman–Crippen MR) is 82.0 cm³/mol. The normalized spacial score (nSPS) is 22.8. The van der Waals surface area contributed by atoms with Crippen LogP contribution in [0.3, 0.4) is 0 Å². The molecule has 2 unspecified atom stereocenters. The molecule has 4 heteroatoms. The highest BCUT2D eigenvalue weighted by atomic mass is 16.6. The van der Waals surface area contributed by atoms with Crippen LogP contribution in [0.15, 0.2) is 18.2 Å². The number of anilines is 1. The van der Waals surface area contributed by atoms with Gasteiger partial charge in [-0.3, -0.25) is 10.1 Å². The summed E-state index contributed by atoms with van der Waals surface area (Å²) >= 11 is 0. The Hall–Kier alpha value is -1.58. The molecule has 1 aromatic carbocycles. The van der Waals surface area contributed by atoms with Gasteiger partial charge in [-0.2, -0.15) is 0 Å². The molecule has 1 fully saturated rings. The summed E-state index contributed by atoms with van der Waals surface area (Å²) in [5.41, 5.74) is 1.78. The number of nitro benzene ring substituents is 1. The van der Waals surface area contributed by atoms with Gasteiger partial charge in [0.25, 0.3) is 5.69 Å². The second kappa shape index (κ2) is 6.25. The van der Waals surface area contributed by atoms with Gasteiger partial charge in [0.1, 0.15) is 0 Å². The van der Waals surface area contributed by atoms with E-state index in [1.165, 1.54) is 19.3 Å². The van der Waals surface area contributed by atoms with Gasteiger partial charge >= 0.3 is 0 Å². The summed E-state index contributed by atoms with van der Waals surface area (Å²) in [6.45, 7) is 6.34. The molecular formula is C16H24N2O2. The van der Waals surface area contributed by atoms with Gasteiger partial charge in [0.15, 0.2) is 0 Å². The van der Waals surface area contributed by atoms with Gasteiger partial charge in [0.2, 0.25) is 0 Å². The van der Waals surface area contributed by atoms with E-state index in [4.69, 9.17) is 0 Å². The lowest BCUT2D eigenvalue weighted by Gasteiger charge is -2.32. The zero-order chi connectivity index (χ0) is 14.7. The molecule has 0 amide bonds. The standard InChI is InChI=1S/C16H24N2O2/c1-11(2)13-5-4-6-14(9-13)17-15-8-7-12(3)16(10-15)18(19)20/h7-8,10-11,13-14,17H,4-6,9H2,1-3H3. The first-order valence-electron chi connectivity index (χ1n) is 7.49. The number of benzene rings is 1. The molecule has 2 rings (SSSR count). The van der Waals surface area contributed by atoms with E-state index >= 15 is 0 Å². The van der Waals surface area contributed by atoms with Crippen molar-refractivity contribution in [1.29, 1.82) is 0 Å². The van der Waals surface area contributed by atoms with Crippen LogP contribution in [-0.2, 0) is 0 Å². The highest BCUT2D eigenvalue weighted by Crippen LogP contribution is 2.32. The molecule has 110 valence electrons. The molecule has 0 saturated heterocycles. The van der Waals surface area contributed by atoms with E-state index in [2.05, 4.69) is 19.2 Å². The van der Waals surface area contributed by atoms with E-state index < -0.39 is 0 Å². The zero-order valence-electron chi connectivity index (χ0n) is 12.6. The Morgan fingerprint density at radius 3 is 2.75 bits per heavy atom. The molecule has 1 aliphatic carbocycles. The lowest BCUT2D eigenvalue weighted by Crippen LogP contribution is -2.29. The van der Waals surface area contributed by atoms with Crippen molar-refractivity contribution < 1.29 is 4.92 Å². The summed E-state index contributed by atoms with van der Waals surface area (Å²) in [7, 11) is 0. The SMILES string of the molecule is Cc1ccc(NC2CCCC(C(C)C)C2)cc1[N+](=O)[O-]. The molecule has 0 radical (unpaired) electrons. The van der Waals surface area contributed by atoms with Gasteiger partial charge in [-0.15, -0.1) is 0 Å². The summed E-state index contributed by atoms with van der Waals surface area (Å²) in [5, 5.41) is 14.5. The van der Waals surface area contributed by atoms with Crippen LogP contribution in [0.1, 0.15) is 45.1 Å². The Bertz CT molecular complexity index is 485. The Balaban J connectivity index is 2.06. The topological polar surface area (TPSA) is 55.2 Å². The first kappa shape index (κ1) is 14.8. The number of aryl methyl sites for hydroxylation is 1. The number of rotatable bonds is 4. The van der Waals surface area contributed by atoms with Gasteiger partial charge in [-0.25, -0.2) is 0 Å². The molecule has 20 heavy (non-hydrogen) atoms. The quantitative estimate of drug-likeness (QED) is 0.649. The fraction of sp³-hybridized carbons (Fsp3) is 0.625. The van der Waals surface area contributed by atoms with Gasteiger partial charge in [0.05, 0.1) is 4.92 Å². The number of hydrogen-bond donors (Lipinski definition) is 1. The van der Waals surface area contributed by atoms with E-state index in [0.717, 1.165) is 18.0 Å². The van der Waals surface area contributed by atoms with Crippen LogP contribution < -0.4 is 5.32 Å². The third-order valence-corrected chi connectivity index (χ3v) is 4.43. The van der Waals surface area contributed by atoms with Crippen LogP contribution >= 0.6 is 0 Å². The maximum Gasteiger partial charge on any atom is 0.274 e. The van der Waals surface area contributed by atoms with Gasteiger partial charge < -0.3 is 5.32 Å². The van der Waals surface area contributed by atoms with Crippen molar-refractivity contribution in [2.75, 3.05) is 5.32 Å². The molecule has 0 aromatic heterocycles. The minimum absolute atomic E-state index is 0.200. The third kappa shape index (κ3) is 3.50. The summed E-state index contributed by atoms with van der Waals surface area (Å²) < 4.78 is 0. The van der Waals surface area contributed by atoms with E-state index in [1.54, 1.807) is 13.0 Å². The third-order valence-electron chi connectivity index (χ3n) is 4.43. The maximum atomic E-state index is 11.0. The second-order valence-electron chi connectivity index (χ2n) is 6.27. The fourth-order valence-electron chi connectivity index (χ4n) is 3.10. The van der Waals surface area contributed by atoms with Gasteiger partial charge in [-0.05, 0) is 37.7 Å². The highest BCUT2D eigenvalue weighted by molar-refractivity contribution is 5.55. The summed E-state index contributed by atoms with van der Waals surface area (Å²) in [6.07, 6.45) is 4.88. The van der Waals surface area contributed by atoms with Crippen LogP contribution in [0.25, 0.3) is 0 Å². The van der Waals surface area contributed by atoms with E-state index in [0.29, 0.717) is 17.5 Å². The first-order chi connectivity index (χ1) is 9.47. The van der Waals surface area contributed by atoms with Crippen LogP contribution in [0.5, 0.6) is 0 Å². The monoisotopic (exact) mass is 276 g/mol. The lowest BCUT2D eigenvalue weighted by molar-refractivity contribution is -0.385. The van der Waals surface area contributed by atoms with Crippen molar-refractivity contribution >= 4 is 11.4 Å². The fourth-order valence-corrected chi connectivity index (χ4v) is 3.10. The Labute approximate surface area is 120 Å². The molecule has 1 aromatic rings. The van der Waals surface area contributed by atoms with Crippen LogP contribution in [0, 0.1) is 28.9 Å². The molecule has 2 atom stereocenters. The molecule has 0 spiro atoms. The maximum absolute atomic E-state index is 11.0. The highest BCUT2D eigenvalue weighted by Gasteiger charge is 2.24. The average molecular weight is 276 g/mol. The van der Waals surface area contributed by atoms with E-state index in [9.17, 15) is 10.1 Å². The molecule has 1 saturated carbocycles. The zero-order valence-corrected chi connectivity index (χ0v) is 12.6. The van der Waals surface area contributed by atoms with Gasteiger partial charge in [-0.1, -0.05) is 32.8 Å². The second-order valence-corrected chi connectivity index (χ2v) is 6.27. The summed E-state index contributed by atoms with van der Waals surface area (Å²) in [5.74, 6) is 1.48. The number of nitrogens with zero attached hydrogens (tertiary/aromatic N) is 1. The Kier molecular flexibility index (Phi) is 4.63. The Morgan fingerprint density at radius 1 is 1.35 bits per heavy atom. The van der Waals surface area contributed by atoms with Crippen LogP contribution in [-0.4, -0.2) is 11.0 Å². The van der Waals surface area contributed by atoms with Crippen molar-refractivity contribution in [3.05, 3.63) is 33.9 Å². The van der Waals surface area contributed by atoms with Crippen molar-refractivity contribution in [3.63, 3.8) is 0 Å². The summed E-state index contributed by atoms with van der Waals surface area (Å²) in [6, 6.07) is 5.87. The smallest absolute Gasteiger partial charge is 0.274 e. The number of nitro groups is 1.